The number of nitrogens with one attached hydrogen (secondary N) is 1. The molecular formula is C13H17N3OS. The molecule has 2 N–H and O–H groups in total. The first kappa shape index (κ1) is 13.0. The van der Waals surface area contributed by atoms with Crippen LogP contribution in [0.5, 0.6) is 5.75 Å². The minimum atomic E-state index is 0.195. The Morgan fingerprint density at radius 2 is 2.17 bits per heavy atom. The highest BCUT2D eigenvalue weighted by molar-refractivity contribution is 7.11. The average Bonchev–Trinajstić information content (AvgIpc) is 2.67. The fraction of sp³-hybridized carbons (Fsp3) is 0.385. The van der Waals surface area contributed by atoms with Gasteiger partial charge in [-0.2, -0.15) is 0 Å². The van der Waals surface area contributed by atoms with Crippen LogP contribution < -0.4 is 5.32 Å². The third kappa shape index (κ3) is 3.05. The lowest BCUT2D eigenvalue weighted by molar-refractivity contribution is 0.471. The molecule has 0 saturated heterocycles. The normalized spacial score (nSPS) is 12.6. The zero-order valence-electron chi connectivity index (χ0n) is 10.8. The SMILES string of the molecule is Cc1nc(C)c(C(C)NCc2ccc(O)cn2)s1. The van der Waals surface area contributed by atoms with Gasteiger partial charge in [0.2, 0.25) is 0 Å². The monoisotopic (exact) mass is 263 g/mol. The molecule has 0 aliphatic rings. The Kier molecular flexibility index (Phi) is 3.93. The minimum absolute atomic E-state index is 0.195. The summed E-state index contributed by atoms with van der Waals surface area (Å²) in [6, 6.07) is 3.73. The number of thiazole rings is 1. The number of aromatic hydroxyl groups is 1. The molecule has 2 aromatic heterocycles. The first-order valence-electron chi connectivity index (χ1n) is 5.87. The molecule has 0 radical (unpaired) electrons. The lowest BCUT2D eigenvalue weighted by Gasteiger charge is -2.12. The van der Waals surface area contributed by atoms with Crippen molar-refractivity contribution in [2.24, 2.45) is 0 Å². The summed E-state index contributed by atoms with van der Waals surface area (Å²) in [5.41, 5.74) is 2.01. The molecule has 0 amide bonds. The van der Waals surface area contributed by atoms with Gasteiger partial charge >= 0.3 is 0 Å². The van der Waals surface area contributed by atoms with E-state index in [0.29, 0.717) is 6.54 Å². The number of aryl methyl sites for hydroxylation is 2. The van der Waals surface area contributed by atoms with Gasteiger partial charge in [-0.05, 0) is 32.9 Å². The van der Waals surface area contributed by atoms with Crippen molar-refractivity contribution < 1.29 is 5.11 Å². The summed E-state index contributed by atoms with van der Waals surface area (Å²) in [5.74, 6) is 0.195. The molecule has 1 atom stereocenters. The number of hydrogen-bond acceptors (Lipinski definition) is 5. The minimum Gasteiger partial charge on any atom is -0.506 e. The van der Waals surface area contributed by atoms with Gasteiger partial charge in [-0.25, -0.2) is 4.98 Å². The van der Waals surface area contributed by atoms with Gasteiger partial charge < -0.3 is 10.4 Å². The van der Waals surface area contributed by atoms with E-state index in [1.807, 2.05) is 19.9 Å². The standard InChI is InChI=1S/C13H17N3OS/c1-8(13-9(2)16-10(3)18-13)14-6-11-4-5-12(17)7-15-11/h4-5,7-8,14,17H,6H2,1-3H3. The molecule has 4 nitrogen and oxygen atoms in total. The molecule has 96 valence electrons. The van der Waals surface area contributed by atoms with Crippen molar-refractivity contribution >= 4 is 11.3 Å². The van der Waals surface area contributed by atoms with Crippen LogP contribution in [0.25, 0.3) is 0 Å². The highest BCUT2D eigenvalue weighted by Gasteiger charge is 2.12. The van der Waals surface area contributed by atoms with Gasteiger partial charge in [0.1, 0.15) is 5.75 Å². The van der Waals surface area contributed by atoms with Crippen molar-refractivity contribution in [3.05, 3.63) is 39.6 Å². The second-order valence-electron chi connectivity index (χ2n) is 4.29. The maximum absolute atomic E-state index is 9.16. The van der Waals surface area contributed by atoms with Crippen molar-refractivity contribution in [3.63, 3.8) is 0 Å². The molecule has 0 fully saturated rings. The second-order valence-corrected chi connectivity index (χ2v) is 5.53. The number of rotatable bonds is 4. The molecule has 0 spiro atoms. The van der Waals surface area contributed by atoms with Gasteiger partial charge in [0.15, 0.2) is 0 Å². The maximum Gasteiger partial charge on any atom is 0.133 e. The molecule has 0 aliphatic carbocycles. The summed E-state index contributed by atoms with van der Waals surface area (Å²) >= 11 is 1.73. The van der Waals surface area contributed by atoms with Crippen LogP contribution >= 0.6 is 11.3 Å². The summed E-state index contributed by atoms with van der Waals surface area (Å²) in [5, 5.41) is 13.7. The zero-order chi connectivity index (χ0) is 13.1. The Bertz CT molecular complexity index is 522. The third-order valence-corrected chi connectivity index (χ3v) is 3.99. The van der Waals surface area contributed by atoms with Crippen LogP contribution in [-0.2, 0) is 6.54 Å². The molecule has 18 heavy (non-hydrogen) atoms. The van der Waals surface area contributed by atoms with Crippen LogP contribution in [0.4, 0.5) is 0 Å². The predicted octanol–water partition coefficient (Wildman–Crippen LogP) is 2.71. The van der Waals surface area contributed by atoms with Crippen LogP contribution in [0.3, 0.4) is 0 Å². The van der Waals surface area contributed by atoms with E-state index in [1.165, 1.54) is 11.1 Å². The van der Waals surface area contributed by atoms with Crippen molar-refractivity contribution in [2.75, 3.05) is 0 Å². The summed E-state index contributed by atoms with van der Waals surface area (Å²) in [4.78, 5) is 9.85. The van der Waals surface area contributed by atoms with E-state index in [-0.39, 0.29) is 11.8 Å². The molecule has 0 bridgehead atoms. The summed E-state index contributed by atoms with van der Waals surface area (Å²) < 4.78 is 0. The lowest BCUT2D eigenvalue weighted by Crippen LogP contribution is -2.18. The highest BCUT2D eigenvalue weighted by atomic mass is 32.1. The fourth-order valence-electron chi connectivity index (χ4n) is 1.82. The van der Waals surface area contributed by atoms with Gasteiger partial charge in [-0.3, -0.25) is 4.98 Å². The van der Waals surface area contributed by atoms with Crippen LogP contribution in [0.15, 0.2) is 18.3 Å². The van der Waals surface area contributed by atoms with Crippen LogP contribution in [-0.4, -0.2) is 15.1 Å². The number of aromatic nitrogens is 2. The smallest absolute Gasteiger partial charge is 0.133 e. The van der Waals surface area contributed by atoms with Crippen LogP contribution in [0.2, 0.25) is 0 Å². The quantitative estimate of drug-likeness (QED) is 0.890. The fourth-order valence-corrected chi connectivity index (χ4v) is 2.77. The van der Waals surface area contributed by atoms with E-state index >= 15 is 0 Å². The van der Waals surface area contributed by atoms with Gasteiger partial charge in [-0.15, -0.1) is 11.3 Å². The Morgan fingerprint density at radius 1 is 1.39 bits per heavy atom. The second kappa shape index (κ2) is 5.46. The lowest BCUT2D eigenvalue weighted by atomic mass is 10.2. The number of pyridine rings is 1. The molecule has 0 saturated carbocycles. The Labute approximate surface area is 111 Å². The summed E-state index contributed by atoms with van der Waals surface area (Å²) in [6.45, 7) is 6.86. The van der Waals surface area contributed by atoms with Crippen molar-refractivity contribution in [1.82, 2.24) is 15.3 Å². The molecular weight excluding hydrogens is 246 g/mol. The summed E-state index contributed by atoms with van der Waals surface area (Å²) in [6.07, 6.45) is 1.46. The van der Waals surface area contributed by atoms with Crippen molar-refractivity contribution in [2.45, 2.75) is 33.4 Å². The van der Waals surface area contributed by atoms with Gasteiger partial charge in [0.25, 0.3) is 0 Å². The van der Waals surface area contributed by atoms with E-state index in [4.69, 9.17) is 5.11 Å². The van der Waals surface area contributed by atoms with Crippen molar-refractivity contribution in [1.29, 1.82) is 0 Å². The predicted molar refractivity (Wildman–Crippen MR) is 72.7 cm³/mol. The topological polar surface area (TPSA) is 58.0 Å². The molecule has 2 rings (SSSR count). The Morgan fingerprint density at radius 3 is 2.72 bits per heavy atom. The average molecular weight is 263 g/mol. The van der Waals surface area contributed by atoms with Crippen molar-refractivity contribution in [3.8, 4) is 5.75 Å². The molecule has 0 aliphatic heterocycles. The molecule has 0 aromatic carbocycles. The van der Waals surface area contributed by atoms with Gasteiger partial charge in [0.05, 0.1) is 22.6 Å². The molecule has 2 heterocycles. The Hall–Kier alpha value is -1.46. The number of nitrogens with zero attached hydrogens (tertiary/aromatic N) is 2. The van der Waals surface area contributed by atoms with E-state index in [1.54, 1.807) is 17.4 Å². The highest BCUT2D eigenvalue weighted by Crippen LogP contribution is 2.24. The first-order valence-corrected chi connectivity index (χ1v) is 6.69. The zero-order valence-corrected chi connectivity index (χ0v) is 11.6. The molecule has 1 unspecified atom stereocenters. The Balaban J connectivity index is 1.98. The van der Waals surface area contributed by atoms with E-state index in [0.717, 1.165) is 16.4 Å². The molecule has 5 heteroatoms. The molecule has 2 aromatic rings. The number of hydrogen-bond donors (Lipinski definition) is 2. The van der Waals surface area contributed by atoms with Gasteiger partial charge in [0, 0.05) is 17.5 Å². The largest absolute Gasteiger partial charge is 0.506 e. The van der Waals surface area contributed by atoms with E-state index in [2.05, 4.69) is 22.2 Å². The third-order valence-electron chi connectivity index (χ3n) is 2.73. The first-order chi connectivity index (χ1) is 8.56. The maximum atomic E-state index is 9.16. The van der Waals surface area contributed by atoms with E-state index in [9.17, 15) is 0 Å². The van der Waals surface area contributed by atoms with Crippen LogP contribution in [0, 0.1) is 13.8 Å². The van der Waals surface area contributed by atoms with E-state index < -0.39 is 0 Å². The summed E-state index contributed by atoms with van der Waals surface area (Å²) in [7, 11) is 0. The van der Waals surface area contributed by atoms with Crippen LogP contribution in [0.1, 0.15) is 34.2 Å². The van der Waals surface area contributed by atoms with Gasteiger partial charge in [-0.1, -0.05) is 0 Å².